The summed E-state index contributed by atoms with van der Waals surface area (Å²) in [6, 6.07) is -1.22. The summed E-state index contributed by atoms with van der Waals surface area (Å²) in [4.78, 5) is 102. The third-order valence-corrected chi connectivity index (χ3v) is 8.30. The first kappa shape index (κ1) is 51.9. The Labute approximate surface area is 344 Å². The molecule has 1 saturated heterocycles. The van der Waals surface area contributed by atoms with Crippen LogP contribution in [0.5, 0.6) is 0 Å². The molecular formula is C41H70N4O13. The lowest BCUT2D eigenvalue weighted by Gasteiger charge is -2.24. The molecule has 0 bridgehead atoms. The van der Waals surface area contributed by atoms with E-state index in [9.17, 15) is 38.4 Å². The van der Waals surface area contributed by atoms with Crippen molar-refractivity contribution in [1.82, 2.24) is 21.0 Å². The number of amides is 5. The van der Waals surface area contributed by atoms with Gasteiger partial charge in [-0.05, 0) is 86.5 Å². The average molecular weight is 827 g/mol. The van der Waals surface area contributed by atoms with E-state index >= 15 is 0 Å². The van der Waals surface area contributed by atoms with Crippen molar-refractivity contribution in [2.24, 2.45) is 0 Å². The first-order valence-corrected chi connectivity index (χ1v) is 20.9. The first-order valence-electron chi connectivity index (χ1n) is 20.9. The average Bonchev–Trinajstić information content (AvgIpc) is 3.44. The van der Waals surface area contributed by atoms with Gasteiger partial charge in [0.2, 0.25) is 17.7 Å². The van der Waals surface area contributed by atoms with Gasteiger partial charge in [0.25, 0.3) is 11.8 Å². The largest absolute Gasteiger partial charge is 0.460 e. The highest BCUT2D eigenvalue weighted by atomic mass is 16.7. The van der Waals surface area contributed by atoms with Gasteiger partial charge in [0.1, 0.15) is 17.2 Å². The number of carbonyl (C=O) groups is 8. The van der Waals surface area contributed by atoms with Crippen LogP contribution >= 0.6 is 0 Å². The summed E-state index contributed by atoms with van der Waals surface area (Å²) in [5.41, 5.74) is -1.31. The van der Waals surface area contributed by atoms with Crippen molar-refractivity contribution in [3.63, 3.8) is 0 Å². The Morgan fingerprint density at radius 1 is 0.552 bits per heavy atom. The minimum atomic E-state index is -1.22. The summed E-state index contributed by atoms with van der Waals surface area (Å²) in [5.74, 6) is -3.99. The Bertz CT molecular complexity index is 1290. The standard InChI is InChI=1S/C41H70N4O13/c1-40(2,3)56-37(51)18-12-10-8-7-9-11-17-32(46)42-25-15-29-54-27-13-14-28-55-30-16-26-43-33(47)20-21-34(48)44-31(39(53)57-41(4,5)6)19-24-38(52)58-45-35(49)22-23-36(45)50/h31H,7-30H2,1-6H3,(H,42,46)(H,43,47)(H,44,48)/t31-/m0/s1. The molecule has 1 heterocycles. The highest BCUT2D eigenvalue weighted by Gasteiger charge is 2.34. The minimum Gasteiger partial charge on any atom is -0.460 e. The Morgan fingerprint density at radius 2 is 1.02 bits per heavy atom. The number of hydrogen-bond acceptors (Lipinski definition) is 13. The number of nitrogens with one attached hydrogen (secondary N) is 3. The molecule has 0 aromatic carbocycles. The molecule has 1 rings (SSSR count). The van der Waals surface area contributed by atoms with Gasteiger partial charge in [0, 0.05) is 78.0 Å². The summed E-state index contributed by atoms with van der Waals surface area (Å²) >= 11 is 0. The van der Waals surface area contributed by atoms with E-state index in [1.165, 1.54) is 0 Å². The van der Waals surface area contributed by atoms with Gasteiger partial charge < -0.3 is 39.7 Å². The van der Waals surface area contributed by atoms with Crippen molar-refractivity contribution in [1.29, 1.82) is 0 Å². The summed E-state index contributed by atoms with van der Waals surface area (Å²) in [6.07, 6.45) is 8.71. The minimum absolute atomic E-state index is 0.0556. The first-order chi connectivity index (χ1) is 27.4. The molecule has 0 radical (unpaired) electrons. The molecule has 0 saturated carbocycles. The zero-order chi connectivity index (χ0) is 43.4. The maximum atomic E-state index is 12.7. The fraction of sp³-hybridized carbons (Fsp3) is 0.805. The van der Waals surface area contributed by atoms with E-state index in [2.05, 4.69) is 16.0 Å². The molecule has 0 aliphatic carbocycles. The predicted octanol–water partition coefficient (Wildman–Crippen LogP) is 4.27. The number of nitrogens with zero attached hydrogens (tertiary/aromatic N) is 1. The van der Waals surface area contributed by atoms with E-state index in [0.29, 0.717) is 63.8 Å². The van der Waals surface area contributed by atoms with Crippen molar-refractivity contribution in [2.75, 3.05) is 39.5 Å². The Morgan fingerprint density at radius 3 is 1.55 bits per heavy atom. The molecule has 1 aliphatic rings. The van der Waals surface area contributed by atoms with Gasteiger partial charge in [-0.15, -0.1) is 5.06 Å². The molecule has 17 nitrogen and oxygen atoms in total. The van der Waals surface area contributed by atoms with Crippen LogP contribution in [-0.2, 0) is 62.1 Å². The van der Waals surface area contributed by atoms with Crippen LogP contribution in [-0.4, -0.2) is 109 Å². The Kier molecular flexibility index (Phi) is 26.1. The third kappa shape index (κ3) is 28.3. The molecule has 0 unspecified atom stereocenters. The van der Waals surface area contributed by atoms with E-state index < -0.39 is 46.9 Å². The van der Waals surface area contributed by atoms with Crippen molar-refractivity contribution >= 4 is 47.4 Å². The second-order valence-electron chi connectivity index (χ2n) is 16.3. The van der Waals surface area contributed by atoms with Crippen LogP contribution in [0.1, 0.15) is 157 Å². The van der Waals surface area contributed by atoms with E-state index in [-0.39, 0.29) is 56.3 Å². The predicted molar refractivity (Wildman–Crippen MR) is 212 cm³/mol. The molecule has 1 fully saturated rings. The van der Waals surface area contributed by atoms with Gasteiger partial charge in [-0.1, -0.05) is 25.7 Å². The smallest absolute Gasteiger partial charge is 0.333 e. The van der Waals surface area contributed by atoms with Crippen LogP contribution in [0.15, 0.2) is 0 Å². The van der Waals surface area contributed by atoms with Crippen LogP contribution in [0.2, 0.25) is 0 Å². The quantitative estimate of drug-likeness (QED) is 0.0506. The van der Waals surface area contributed by atoms with Gasteiger partial charge in [0.15, 0.2) is 0 Å². The number of hydroxylamine groups is 2. The Balaban J connectivity index is 2.03. The van der Waals surface area contributed by atoms with E-state index in [4.69, 9.17) is 23.8 Å². The molecule has 3 N–H and O–H groups in total. The molecule has 0 aromatic heterocycles. The fourth-order valence-electron chi connectivity index (χ4n) is 5.43. The van der Waals surface area contributed by atoms with Crippen LogP contribution in [0, 0.1) is 0 Å². The van der Waals surface area contributed by atoms with Crippen LogP contribution in [0.3, 0.4) is 0 Å². The molecule has 0 aromatic rings. The molecule has 1 atom stereocenters. The number of esters is 2. The number of rotatable bonds is 31. The zero-order valence-corrected chi connectivity index (χ0v) is 35.8. The van der Waals surface area contributed by atoms with E-state index in [0.717, 1.165) is 57.8 Å². The number of hydrogen-bond donors (Lipinski definition) is 3. The lowest BCUT2D eigenvalue weighted by atomic mass is 10.1. The molecule has 5 amide bonds. The number of carbonyl (C=O) groups excluding carboxylic acids is 8. The van der Waals surface area contributed by atoms with Crippen LogP contribution in [0.4, 0.5) is 0 Å². The number of unbranched alkanes of at least 4 members (excludes halogenated alkanes) is 6. The topological polar surface area (TPSA) is 222 Å². The van der Waals surface area contributed by atoms with Gasteiger partial charge in [0.05, 0.1) is 6.42 Å². The lowest BCUT2D eigenvalue weighted by molar-refractivity contribution is -0.197. The number of ether oxygens (including phenoxy) is 4. The molecule has 58 heavy (non-hydrogen) atoms. The third-order valence-electron chi connectivity index (χ3n) is 8.30. The summed E-state index contributed by atoms with van der Waals surface area (Å²) < 4.78 is 21.9. The highest BCUT2D eigenvalue weighted by molar-refractivity contribution is 6.01. The van der Waals surface area contributed by atoms with Gasteiger partial charge >= 0.3 is 17.9 Å². The molecule has 17 heteroatoms. The SMILES string of the molecule is CC(C)(C)OC(=O)CCCCCCCCC(=O)NCCCOCCCCOCCCNC(=O)CCC(=O)N[C@@H](CCC(=O)ON1C(=O)CCC1=O)C(=O)OC(C)(C)C. The van der Waals surface area contributed by atoms with Gasteiger partial charge in [-0.2, -0.15) is 0 Å². The molecule has 332 valence electrons. The Hall–Kier alpha value is -4.12. The van der Waals surface area contributed by atoms with Crippen molar-refractivity contribution in [2.45, 2.75) is 174 Å². The maximum Gasteiger partial charge on any atom is 0.333 e. The van der Waals surface area contributed by atoms with E-state index in [1.807, 2.05) is 20.8 Å². The maximum absolute atomic E-state index is 12.7. The summed E-state index contributed by atoms with van der Waals surface area (Å²) in [7, 11) is 0. The zero-order valence-electron chi connectivity index (χ0n) is 35.8. The van der Waals surface area contributed by atoms with Crippen LogP contribution < -0.4 is 16.0 Å². The van der Waals surface area contributed by atoms with Crippen LogP contribution in [0.25, 0.3) is 0 Å². The normalized spacial score (nSPS) is 13.5. The highest BCUT2D eigenvalue weighted by Crippen LogP contribution is 2.16. The van der Waals surface area contributed by atoms with Crippen molar-refractivity contribution in [3.8, 4) is 0 Å². The second-order valence-corrected chi connectivity index (χ2v) is 16.3. The molecule has 1 aliphatic heterocycles. The van der Waals surface area contributed by atoms with E-state index in [1.54, 1.807) is 20.8 Å². The van der Waals surface area contributed by atoms with Crippen molar-refractivity contribution < 1.29 is 62.1 Å². The fourth-order valence-corrected chi connectivity index (χ4v) is 5.43. The molecule has 0 spiro atoms. The monoisotopic (exact) mass is 826 g/mol. The van der Waals surface area contributed by atoms with Crippen molar-refractivity contribution in [3.05, 3.63) is 0 Å². The van der Waals surface area contributed by atoms with Gasteiger partial charge in [-0.3, -0.25) is 28.8 Å². The summed E-state index contributed by atoms with van der Waals surface area (Å²) in [6.45, 7) is 13.7. The van der Waals surface area contributed by atoms with Gasteiger partial charge in [-0.25, -0.2) is 9.59 Å². The summed E-state index contributed by atoms with van der Waals surface area (Å²) in [5, 5.41) is 8.57. The molecular weight excluding hydrogens is 756 g/mol. The second kappa shape index (κ2) is 29.1. The lowest BCUT2D eigenvalue weighted by Crippen LogP contribution is -2.45. The number of imide groups is 1.